The standard InChI is InChI=1S/C15H11NO3/c1-9-6-12-13(18)7-14(19-15(12)16-8-9)10-2-4-11(17)5-3-10/h2-8,17H,1H3. The fraction of sp³-hybridized carbons (Fsp3) is 0.0667. The van der Waals surface area contributed by atoms with E-state index in [9.17, 15) is 9.90 Å². The quantitative estimate of drug-likeness (QED) is 0.724. The molecule has 0 aliphatic heterocycles. The molecule has 0 amide bonds. The first kappa shape index (κ1) is 11.5. The molecule has 4 heteroatoms. The van der Waals surface area contributed by atoms with Gasteiger partial charge in [-0.3, -0.25) is 4.79 Å². The fourth-order valence-corrected chi connectivity index (χ4v) is 1.91. The lowest BCUT2D eigenvalue weighted by Crippen LogP contribution is -2.01. The Kier molecular flexibility index (Phi) is 2.56. The van der Waals surface area contributed by atoms with Crippen molar-refractivity contribution in [3.05, 3.63) is 58.4 Å². The number of benzene rings is 1. The summed E-state index contributed by atoms with van der Waals surface area (Å²) < 4.78 is 5.63. The Morgan fingerprint density at radius 3 is 2.63 bits per heavy atom. The molecule has 4 nitrogen and oxygen atoms in total. The van der Waals surface area contributed by atoms with Gasteiger partial charge in [-0.2, -0.15) is 0 Å². The third-order valence-corrected chi connectivity index (χ3v) is 2.87. The maximum absolute atomic E-state index is 12.0. The van der Waals surface area contributed by atoms with Gasteiger partial charge >= 0.3 is 0 Å². The molecule has 0 aliphatic carbocycles. The zero-order chi connectivity index (χ0) is 13.4. The predicted molar refractivity (Wildman–Crippen MR) is 72.1 cm³/mol. The van der Waals surface area contributed by atoms with Crippen LogP contribution < -0.4 is 5.43 Å². The van der Waals surface area contributed by atoms with E-state index in [-0.39, 0.29) is 11.2 Å². The first-order chi connectivity index (χ1) is 9.13. The fourth-order valence-electron chi connectivity index (χ4n) is 1.91. The smallest absolute Gasteiger partial charge is 0.230 e. The molecule has 0 saturated heterocycles. The minimum Gasteiger partial charge on any atom is -0.508 e. The van der Waals surface area contributed by atoms with E-state index >= 15 is 0 Å². The molecular weight excluding hydrogens is 242 g/mol. The van der Waals surface area contributed by atoms with E-state index in [2.05, 4.69) is 4.98 Å². The second kappa shape index (κ2) is 4.24. The van der Waals surface area contributed by atoms with Crippen molar-refractivity contribution in [2.24, 2.45) is 0 Å². The van der Waals surface area contributed by atoms with Gasteiger partial charge in [-0.25, -0.2) is 4.98 Å². The van der Waals surface area contributed by atoms with Crippen LogP contribution in [0, 0.1) is 6.92 Å². The number of nitrogens with zero attached hydrogens (tertiary/aromatic N) is 1. The van der Waals surface area contributed by atoms with Crippen LogP contribution in [0.25, 0.3) is 22.4 Å². The van der Waals surface area contributed by atoms with Crippen molar-refractivity contribution in [2.75, 3.05) is 0 Å². The van der Waals surface area contributed by atoms with Gasteiger partial charge < -0.3 is 9.52 Å². The molecule has 0 fully saturated rings. The van der Waals surface area contributed by atoms with Crippen LogP contribution in [0.2, 0.25) is 0 Å². The second-order valence-electron chi connectivity index (χ2n) is 4.39. The molecule has 94 valence electrons. The highest BCUT2D eigenvalue weighted by atomic mass is 16.3. The number of rotatable bonds is 1. The Bertz CT molecular complexity index is 804. The van der Waals surface area contributed by atoms with Crippen LogP contribution in [-0.4, -0.2) is 10.1 Å². The Labute approximate surface area is 109 Å². The van der Waals surface area contributed by atoms with Crippen molar-refractivity contribution >= 4 is 11.1 Å². The van der Waals surface area contributed by atoms with Crippen molar-refractivity contribution in [1.82, 2.24) is 4.98 Å². The third kappa shape index (κ3) is 2.08. The lowest BCUT2D eigenvalue weighted by molar-refractivity contribution is 0.475. The maximum Gasteiger partial charge on any atom is 0.230 e. The molecule has 3 rings (SSSR count). The number of aromatic hydroxyl groups is 1. The minimum absolute atomic E-state index is 0.125. The Hall–Kier alpha value is -2.62. The number of phenols is 1. The van der Waals surface area contributed by atoms with Gasteiger partial charge in [-0.05, 0) is 42.8 Å². The molecule has 2 heterocycles. The summed E-state index contributed by atoms with van der Waals surface area (Å²) >= 11 is 0. The third-order valence-electron chi connectivity index (χ3n) is 2.87. The van der Waals surface area contributed by atoms with E-state index in [1.807, 2.05) is 6.92 Å². The van der Waals surface area contributed by atoms with Gasteiger partial charge in [-0.1, -0.05) is 0 Å². The summed E-state index contributed by atoms with van der Waals surface area (Å²) in [5.41, 5.74) is 1.83. The summed E-state index contributed by atoms with van der Waals surface area (Å²) in [6.45, 7) is 1.87. The predicted octanol–water partition coefficient (Wildman–Crippen LogP) is 2.87. The molecule has 1 N–H and O–H groups in total. The molecule has 1 aromatic carbocycles. The van der Waals surface area contributed by atoms with Crippen molar-refractivity contribution in [3.63, 3.8) is 0 Å². The number of fused-ring (bicyclic) bond motifs is 1. The summed E-state index contributed by atoms with van der Waals surface area (Å²) in [6.07, 6.45) is 1.66. The van der Waals surface area contributed by atoms with Gasteiger partial charge in [0.25, 0.3) is 0 Å². The summed E-state index contributed by atoms with van der Waals surface area (Å²) in [5.74, 6) is 0.606. The number of hydrogen-bond donors (Lipinski definition) is 1. The molecule has 0 saturated carbocycles. The highest BCUT2D eigenvalue weighted by Gasteiger charge is 2.08. The van der Waals surface area contributed by atoms with Gasteiger partial charge in [0.05, 0.1) is 5.39 Å². The van der Waals surface area contributed by atoms with Crippen LogP contribution >= 0.6 is 0 Å². The Morgan fingerprint density at radius 2 is 1.89 bits per heavy atom. The molecular formula is C15H11NO3. The van der Waals surface area contributed by atoms with Crippen molar-refractivity contribution in [2.45, 2.75) is 6.92 Å². The SMILES string of the molecule is Cc1cnc2oc(-c3ccc(O)cc3)cc(=O)c2c1. The molecule has 3 aromatic rings. The van der Waals surface area contributed by atoms with Crippen molar-refractivity contribution in [1.29, 1.82) is 0 Å². The Balaban J connectivity index is 2.24. The topological polar surface area (TPSA) is 63.3 Å². The van der Waals surface area contributed by atoms with Crippen LogP contribution in [0.4, 0.5) is 0 Å². The second-order valence-corrected chi connectivity index (χ2v) is 4.39. The van der Waals surface area contributed by atoms with E-state index in [4.69, 9.17) is 4.42 Å². The van der Waals surface area contributed by atoms with Crippen LogP contribution in [0.5, 0.6) is 5.75 Å². The molecule has 0 spiro atoms. The monoisotopic (exact) mass is 253 g/mol. The van der Waals surface area contributed by atoms with E-state index in [0.717, 1.165) is 11.1 Å². The summed E-state index contributed by atoms with van der Waals surface area (Å²) in [6, 6.07) is 9.66. The van der Waals surface area contributed by atoms with Gasteiger partial charge in [0.15, 0.2) is 5.43 Å². The zero-order valence-corrected chi connectivity index (χ0v) is 10.3. The highest BCUT2D eigenvalue weighted by Crippen LogP contribution is 2.23. The van der Waals surface area contributed by atoms with Crippen LogP contribution in [0.15, 0.2) is 51.8 Å². The van der Waals surface area contributed by atoms with E-state index in [1.54, 1.807) is 36.5 Å². The minimum atomic E-state index is -0.125. The molecule has 0 atom stereocenters. The van der Waals surface area contributed by atoms with Gasteiger partial charge in [0.1, 0.15) is 11.5 Å². The number of pyridine rings is 1. The highest BCUT2D eigenvalue weighted by molar-refractivity contribution is 5.75. The average molecular weight is 253 g/mol. The van der Waals surface area contributed by atoms with E-state index in [1.165, 1.54) is 6.07 Å². The van der Waals surface area contributed by atoms with Gasteiger partial charge in [0.2, 0.25) is 5.71 Å². The number of hydrogen-bond acceptors (Lipinski definition) is 4. The number of phenolic OH excluding ortho intramolecular Hbond substituents is 1. The number of aromatic nitrogens is 1. The molecule has 0 radical (unpaired) electrons. The maximum atomic E-state index is 12.0. The summed E-state index contributed by atoms with van der Waals surface area (Å²) in [4.78, 5) is 16.2. The van der Waals surface area contributed by atoms with Crippen LogP contribution in [0.3, 0.4) is 0 Å². The van der Waals surface area contributed by atoms with Crippen molar-refractivity contribution < 1.29 is 9.52 Å². The lowest BCUT2D eigenvalue weighted by atomic mass is 10.1. The van der Waals surface area contributed by atoms with Crippen molar-refractivity contribution in [3.8, 4) is 17.1 Å². The van der Waals surface area contributed by atoms with Gasteiger partial charge in [0, 0.05) is 17.8 Å². The molecule has 0 unspecified atom stereocenters. The largest absolute Gasteiger partial charge is 0.508 e. The normalized spacial score (nSPS) is 10.8. The van der Waals surface area contributed by atoms with Gasteiger partial charge in [-0.15, -0.1) is 0 Å². The van der Waals surface area contributed by atoms with E-state index in [0.29, 0.717) is 16.9 Å². The molecule has 2 aromatic heterocycles. The first-order valence-electron chi connectivity index (χ1n) is 5.83. The first-order valence-corrected chi connectivity index (χ1v) is 5.83. The van der Waals surface area contributed by atoms with Crippen LogP contribution in [0.1, 0.15) is 5.56 Å². The molecule has 19 heavy (non-hydrogen) atoms. The average Bonchev–Trinajstić information content (AvgIpc) is 2.40. The lowest BCUT2D eigenvalue weighted by Gasteiger charge is -2.03. The van der Waals surface area contributed by atoms with E-state index < -0.39 is 0 Å². The molecule has 0 bridgehead atoms. The van der Waals surface area contributed by atoms with Crippen LogP contribution in [-0.2, 0) is 0 Å². The number of aryl methyl sites for hydroxylation is 1. The molecule has 0 aliphatic rings. The summed E-state index contributed by atoms with van der Waals surface area (Å²) in [5, 5.41) is 9.73. The Morgan fingerprint density at radius 1 is 1.16 bits per heavy atom. The summed E-state index contributed by atoms with van der Waals surface area (Å²) in [7, 11) is 0. The zero-order valence-electron chi connectivity index (χ0n) is 10.3.